The van der Waals surface area contributed by atoms with Gasteiger partial charge >= 0.3 is 6.36 Å². The molecule has 0 amide bonds. The van der Waals surface area contributed by atoms with E-state index in [-0.39, 0.29) is 18.9 Å². The zero-order valence-corrected chi connectivity index (χ0v) is 10.4. The maximum absolute atomic E-state index is 12.0. The Morgan fingerprint density at radius 2 is 1.95 bits per heavy atom. The van der Waals surface area contributed by atoms with Gasteiger partial charge in [0.05, 0.1) is 6.61 Å². The van der Waals surface area contributed by atoms with E-state index in [1.807, 2.05) is 0 Å². The molecule has 1 rings (SSSR count). The SMILES string of the molecule is FC(F)COCCNCc1cccc(OC(F)(F)F)c1. The second-order valence-corrected chi connectivity index (χ2v) is 3.84. The van der Waals surface area contributed by atoms with Gasteiger partial charge in [0.2, 0.25) is 0 Å². The van der Waals surface area contributed by atoms with Gasteiger partial charge < -0.3 is 14.8 Å². The average molecular weight is 299 g/mol. The molecule has 0 aliphatic carbocycles. The van der Waals surface area contributed by atoms with Crippen molar-refractivity contribution in [1.29, 1.82) is 0 Å². The fraction of sp³-hybridized carbons (Fsp3) is 0.500. The molecule has 20 heavy (non-hydrogen) atoms. The lowest BCUT2D eigenvalue weighted by atomic mass is 10.2. The summed E-state index contributed by atoms with van der Waals surface area (Å²) in [5.41, 5.74) is 0.584. The maximum Gasteiger partial charge on any atom is 0.573 e. The van der Waals surface area contributed by atoms with Crippen molar-refractivity contribution >= 4 is 0 Å². The summed E-state index contributed by atoms with van der Waals surface area (Å²) >= 11 is 0. The Labute approximate surface area is 112 Å². The molecule has 0 heterocycles. The van der Waals surface area contributed by atoms with Crippen molar-refractivity contribution in [2.24, 2.45) is 0 Å². The Morgan fingerprint density at radius 1 is 1.20 bits per heavy atom. The first kappa shape index (κ1) is 16.6. The third-order valence-electron chi connectivity index (χ3n) is 2.13. The standard InChI is InChI=1S/C12H14F5NO2/c13-11(14)8-19-5-4-18-7-9-2-1-3-10(6-9)20-12(15,16)17/h1-3,6,11,18H,4-5,7-8H2. The smallest absolute Gasteiger partial charge is 0.406 e. The lowest BCUT2D eigenvalue weighted by Crippen LogP contribution is -2.21. The van der Waals surface area contributed by atoms with Gasteiger partial charge in [-0.1, -0.05) is 12.1 Å². The molecule has 1 aromatic rings. The number of alkyl halides is 5. The second-order valence-electron chi connectivity index (χ2n) is 3.84. The number of halogens is 5. The van der Waals surface area contributed by atoms with Crippen LogP contribution in [0.4, 0.5) is 22.0 Å². The van der Waals surface area contributed by atoms with Crippen molar-refractivity contribution in [1.82, 2.24) is 5.32 Å². The summed E-state index contributed by atoms with van der Waals surface area (Å²) < 4.78 is 67.9. The summed E-state index contributed by atoms with van der Waals surface area (Å²) in [4.78, 5) is 0. The number of benzene rings is 1. The highest BCUT2D eigenvalue weighted by Gasteiger charge is 2.31. The van der Waals surface area contributed by atoms with Crippen LogP contribution in [0.25, 0.3) is 0 Å². The van der Waals surface area contributed by atoms with Crippen LogP contribution in [-0.4, -0.2) is 32.5 Å². The average Bonchev–Trinajstić information content (AvgIpc) is 2.31. The fourth-order valence-corrected chi connectivity index (χ4v) is 1.40. The third kappa shape index (κ3) is 7.90. The number of ether oxygens (including phenoxy) is 2. The van der Waals surface area contributed by atoms with Crippen molar-refractivity contribution in [3.63, 3.8) is 0 Å². The van der Waals surface area contributed by atoms with Crippen molar-refractivity contribution in [3.8, 4) is 5.75 Å². The highest BCUT2D eigenvalue weighted by molar-refractivity contribution is 5.28. The first-order valence-electron chi connectivity index (χ1n) is 5.78. The largest absolute Gasteiger partial charge is 0.573 e. The fourth-order valence-electron chi connectivity index (χ4n) is 1.40. The van der Waals surface area contributed by atoms with E-state index in [1.54, 1.807) is 6.07 Å². The van der Waals surface area contributed by atoms with Crippen LogP contribution in [0.1, 0.15) is 5.56 Å². The van der Waals surface area contributed by atoms with Crippen LogP contribution in [0.3, 0.4) is 0 Å². The van der Waals surface area contributed by atoms with Crippen molar-refractivity contribution in [3.05, 3.63) is 29.8 Å². The van der Waals surface area contributed by atoms with E-state index in [4.69, 9.17) is 0 Å². The van der Waals surface area contributed by atoms with E-state index in [1.165, 1.54) is 18.2 Å². The molecule has 0 radical (unpaired) electrons. The minimum absolute atomic E-state index is 0.100. The van der Waals surface area contributed by atoms with Crippen LogP contribution < -0.4 is 10.1 Å². The van der Waals surface area contributed by atoms with Crippen LogP contribution in [0, 0.1) is 0 Å². The van der Waals surface area contributed by atoms with Crippen molar-refractivity contribution in [2.45, 2.75) is 19.3 Å². The predicted octanol–water partition coefficient (Wildman–Crippen LogP) is 2.96. The van der Waals surface area contributed by atoms with Crippen molar-refractivity contribution in [2.75, 3.05) is 19.8 Å². The van der Waals surface area contributed by atoms with Crippen LogP contribution in [0.2, 0.25) is 0 Å². The zero-order chi connectivity index (χ0) is 15.0. The molecule has 0 aliphatic heterocycles. The van der Waals surface area contributed by atoms with Gasteiger partial charge in [-0.15, -0.1) is 13.2 Å². The molecule has 1 N–H and O–H groups in total. The molecular weight excluding hydrogens is 285 g/mol. The van der Waals surface area contributed by atoms with E-state index in [0.29, 0.717) is 12.1 Å². The predicted molar refractivity (Wildman–Crippen MR) is 61.7 cm³/mol. The van der Waals surface area contributed by atoms with Gasteiger partial charge in [0.1, 0.15) is 12.4 Å². The molecule has 0 atom stereocenters. The molecule has 0 unspecified atom stereocenters. The summed E-state index contributed by atoms with van der Waals surface area (Å²) in [6, 6.07) is 5.50. The summed E-state index contributed by atoms with van der Waals surface area (Å²) in [5, 5.41) is 2.86. The zero-order valence-electron chi connectivity index (χ0n) is 10.4. The summed E-state index contributed by atoms with van der Waals surface area (Å²) in [7, 11) is 0. The van der Waals surface area contributed by atoms with E-state index in [2.05, 4.69) is 14.8 Å². The normalized spacial score (nSPS) is 11.9. The van der Waals surface area contributed by atoms with E-state index >= 15 is 0 Å². The van der Waals surface area contributed by atoms with Crippen LogP contribution in [0.5, 0.6) is 5.75 Å². The van der Waals surface area contributed by atoms with Crippen LogP contribution in [0.15, 0.2) is 24.3 Å². The van der Waals surface area contributed by atoms with Crippen LogP contribution in [-0.2, 0) is 11.3 Å². The highest BCUT2D eigenvalue weighted by Crippen LogP contribution is 2.23. The Bertz CT molecular complexity index is 398. The van der Waals surface area contributed by atoms with E-state index in [9.17, 15) is 22.0 Å². The first-order valence-corrected chi connectivity index (χ1v) is 5.78. The Hall–Kier alpha value is -1.41. The van der Waals surface area contributed by atoms with Gasteiger partial charge in [0.25, 0.3) is 6.43 Å². The highest BCUT2D eigenvalue weighted by atomic mass is 19.4. The molecule has 8 heteroatoms. The molecule has 0 fully saturated rings. The lowest BCUT2D eigenvalue weighted by Gasteiger charge is -2.10. The maximum atomic E-state index is 12.0. The Balaban J connectivity index is 2.28. The molecular formula is C12H14F5NO2. The molecule has 0 aliphatic rings. The number of rotatable bonds is 8. The molecule has 114 valence electrons. The van der Waals surface area contributed by atoms with Gasteiger partial charge in [-0.2, -0.15) is 0 Å². The molecule has 1 aromatic carbocycles. The van der Waals surface area contributed by atoms with Crippen molar-refractivity contribution < 1.29 is 31.4 Å². The van der Waals surface area contributed by atoms with Crippen LogP contribution >= 0.6 is 0 Å². The number of nitrogens with one attached hydrogen (secondary N) is 1. The van der Waals surface area contributed by atoms with Gasteiger partial charge in [0, 0.05) is 13.1 Å². The second kappa shape index (κ2) is 8.01. The number of hydrogen-bond acceptors (Lipinski definition) is 3. The summed E-state index contributed by atoms with van der Waals surface area (Å²) in [5.74, 6) is -0.300. The minimum Gasteiger partial charge on any atom is -0.406 e. The lowest BCUT2D eigenvalue weighted by molar-refractivity contribution is -0.274. The monoisotopic (exact) mass is 299 g/mol. The van der Waals surface area contributed by atoms with Gasteiger partial charge in [0.15, 0.2) is 0 Å². The molecule has 0 saturated heterocycles. The van der Waals surface area contributed by atoms with Gasteiger partial charge in [-0.25, -0.2) is 8.78 Å². The quantitative estimate of drug-likeness (QED) is 0.591. The Morgan fingerprint density at radius 3 is 2.60 bits per heavy atom. The topological polar surface area (TPSA) is 30.5 Å². The molecule has 0 spiro atoms. The summed E-state index contributed by atoms with van der Waals surface area (Å²) in [6.07, 6.45) is -7.24. The molecule has 0 saturated carbocycles. The molecule has 3 nitrogen and oxygen atoms in total. The van der Waals surface area contributed by atoms with Gasteiger partial charge in [-0.3, -0.25) is 0 Å². The number of hydrogen-bond donors (Lipinski definition) is 1. The minimum atomic E-state index is -4.73. The van der Waals surface area contributed by atoms with E-state index in [0.717, 1.165) is 0 Å². The Kier molecular flexibility index (Phi) is 6.66. The molecule has 0 bridgehead atoms. The molecule has 0 aromatic heterocycles. The summed E-state index contributed by atoms with van der Waals surface area (Å²) in [6.45, 7) is 0.0733. The first-order chi connectivity index (χ1) is 9.37. The third-order valence-corrected chi connectivity index (χ3v) is 2.13. The van der Waals surface area contributed by atoms with E-state index < -0.39 is 19.4 Å². The van der Waals surface area contributed by atoms with Gasteiger partial charge in [-0.05, 0) is 17.7 Å².